The van der Waals surface area contributed by atoms with Crippen LogP contribution in [0.2, 0.25) is 0 Å². The van der Waals surface area contributed by atoms with Crippen LogP contribution in [-0.2, 0) is 10.0 Å². The average molecular weight is 456 g/mol. The molecule has 3 rings (SSSR count). The average Bonchev–Trinajstić information content (AvgIpc) is 2.77. The molecule has 0 bridgehead atoms. The number of sulfonamides is 1. The van der Waals surface area contributed by atoms with Gasteiger partial charge < -0.3 is 5.73 Å². The molecule has 0 aliphatic rings. The molecule has 0 aliphatic carbocycles. The molecule has 0 radical (unpaired) electrons. The van der Waals surface area contributed by atoms with Crippen LogP contribution < -0.4 is 10.5 Å². The van der Waals surface area contributed by atoms with E-state index in [-0.39, 0.29) is 27.4 Å². The third-order valence-electron chi connectivity index (χ3n) is 4.93. The topological polar surface area (TPSA) is 158 Å². The van der Waals surface area contributed by atoms with Crippen LogP contribution in [0.4, 0.5) is 11.4 Å². The number of nitro groups is 2. The predicted molar refractivity (Wildman–Crippen MR) is 117 cm³/mol. The summed E-state index contributed by atoms with van der Waals surface area (Å²) in [5.41, 5.74) is 6.51. The summed E-state index contributed by atoms with van der Waals surface area (Å²) >= 11 is 0. The van der Waals surface area contributed by atoms with Crippen molar-refractivity contribution in [2.45, 2.75) is 23.9 Å². The zero-order valence-corrected chi connectivity index (χ0v) is 17.7. The second kappa shape index (κ2) is 9.22. The summed E-state index contributed by atoms with van der Waals surface area (Å²) in [6.07, 6.45) is 0. The van der Waals surface area contributed by atoms with Gasteiger partial charge in [-0.1, -0.05) is 54.1 Å². The smallest absolute Gasteiger partial charge is 0.274 e. The molecule has 10 nitrogen and oxygen atoms in total. The Morgan fingerprint density at radius 1 is 0.812 bits per heavy atom. The maximum absolute atomic E-state index is 13.1. The molecule has 32 heavy (non-hydrogen) atoms. The number of nitro benzene ring substituents is 2. The van der Waals surface area contributed by atoms with Crippen molar-refractivity contribution in [3.63, 3.8) is 0 Å². The molecule has 0 fully saturated rings. The molecule has 0 aliphatic heterocycles. The lowest BCUT2D eigenvalue weighted by molar-refractivity contribution is -0.386. The molecular weight excluding hydrogens is 436 g/mol. The van der Waals surface area contributed by atoms with Gasteiger partial charge in [0, 0.05) is 23.3 Å². The van der Waals surface area contributed by atoms with Gasteiger partial charge in [-0.3, -0.25) is 20.2 Å². The van der Waals surface area contributed by atoms with Crippen molar-refractivity contribution in [3.8, 4) is 0 Å². The van der Waals surface area contributed by atoms with Gasteiger partial charge in [-0.05, 0) is 19.1 Å². The summed E-state index contributed by atoms with van der Waals surface area (Å²) < 4.78 is 28.6. The van der Waals surface area contributed by atoms with Crippen LogP contribution >= 0.6 is 0 Å². The molecule has 0 saturated carbocycles. The van der Waals surface area contributed by atoms with Gasteiger partial charge in [-0.2, -0.15) is 0 Å². The van der Waals surface area contributed by atoms with E-state index in [1.165, 1.54) is 60.7 Å². The van der Waals surface area contributed by atoms with Gasteiger partial charge >= 0.3 is 0 Å². The van der Waals surface area contributed by atoms with Crippen molar-refractivity contribution < 1.29 is 18.3 Å². The maximum atomic E-state index is 13.1. The molecular formula is C21H20N4O6S. The Labute approximate surface area is 184 Å². The van der Waals surface area contributed by atoms with Crippen LogP contribution in [0.1, 0.15) is 28.8 Å². The normalized spacial score (nSPS) is 13.3. The first kappa shape index (κ1) is 23.0. The third-order valence-corrected chi connectivity index (χ3v) is 6.39. The van der Waals surface area contributed by atoms with Crippen molar-refractivity contribution >= 4 is 21.4 Å². The van der Waals surface area contributed by atoms with Gasteiger partial charge in [0.2, 0.25) is 10.0 Å². The zero-order valence-electron chi connectivity index (χ0n) is 16.9. The molecule has 0 unspecified atom stereocenters. The number of benzene rings is 3. The molecule has 2 atom stereocenters. The standard InChI is InChI=1S/C21H20N4O6S/c1-14-10-12-15(13-11-14)32(30,31)23-21(17-7-3-5-9-19(17)25(28)29)20(22)16-6-2-4-8-18(16)24(26)27/h2-13,20-21,23H,22H2,1H3/t20-,21-/m1/s1. The van der Waals surface area contributed by atoms with Gasteiger partial charge in [0.15, 0.2) is 0 Å². The number of aryl methyl sites for hydroxylation is 1. The van der Waals surface area contributed by atoms with Gasteiger partial charge in [0.1, 0.15) is 0 Å². The largest absolute Gasteiger partial charge is 0.322 e. The Morgan fingerprint density at radius 3 is 1.81 bits per heavy atom. The highest BCUT2D eigenvalue weighted by Gasteiger charge is 2.34. The summed E-state index contributed by atoms with van der Waals surface area (Å²) in [5.74, 6) is 0. The van der Waals surface area contributed by atoms with Crippen molar-refractivity contribution in [2.24, 2.45) is 5.73 Å². The Hall–Kier alpha value is -3.67. The fourth-order valence-corrected chi connectivity index (χ4v) is 4.55. The van der Waals surface area contributed by atoms with E-state index in [0.717, 1.165) is 5.56 Å². The minimum absolute atomic E-state index is 0.0150. The summed E-state index contributed by atoms with van der Waals surface area (Å²) in [7, 11) is -4.18. The number of hydrogen-bond acceptors (Lipinski definition) is 7. The summed E-state index contributed by atoms with van der Waals surface area (Å²) in [5, 5.41) is 23.1. The lowest BCUT2D eigenvalue weighted by atomic mass is 9.93. The number of rotatable bonds is 8. The van der Waals surface area contributed by atoms with Crippen molar-refractivity contribution in [2.75, 3.05) is 0 Å². The second-order valence-electron chi connectivity index (χ2n) is 7.07. The van der Waals surface area contributed by atoms with E-state index < -0.39 is 32.0 Å². The first-order valence-corrected chi connectivity index (χ1v) is 10.9. The molecule has 0 spiro atoms. The Morgan fingerprint density at radius 2 is 1.28 bits per heavy atom. The molecule has 0 amide bonds. The van der Waals surface area contributed by atoms with Crippen LogP contribution in [0.15, 0.2) is 77.7 Å². The van der Waals surface area contributed by atoms with E-state index in [1.807, 2.05) is 0 Å². The number of para-hydroxylation sites is 2. The Kier molecular flexibility index (Phi) is 6.63. The predicted octanol–water partition coefficient (Wildman–Crippen LogP) is 3.53. The highest BCUT2D eigenvalue weighted by Crippen LogP contribution is 2.37. The molecule has 3 aromatic carbocycles. The fourth-order valence-electron chi connectivity index (χ4n) is 3.31. The van der Waals surface area contributed by atoms with Crippen LogP contribution in [0.25, 0.3) is 0 Å². The molecule has 11 heteroatoms. The van der Waals surface area contributed by atoms with E-state index >= 15 is 0 Å². The first-order valence-electron chi connectivity index (χ1n) is 9.43. The van der Waals surface area contributed by atoms with Gasteiger partial charge in [0.05, 0.1) is 26.8 Å². The summed E-state index contributed by atoms with van der Waals surface area (Å²) in [6, 6.07) is 14.5. The number of nitrogens with zero attached hydrogens (tertiary/aromatic N) is 2. The van der Waals surface area contributed by atoms with Gasteiger partial charge in [0.25, 0.3) is 11.4 Å². The monoisotopic (exact) mass is 456 g/mol. The highest BCUT2D eigenvalue weighted by molar-refractivity contribution is 7.89. The molecule has 0 aromatic heterocycles. The number of nitrogens with two attached hydrogens (primary N) is 1. The maximum Gasteiger partial charge on any atom is 0.274 e. The zero-order chi connectivity index (χ0) is 23.5. The van der Waals surface area contributed by atoms with Gasteiger partial charge in [-0.15, -0.1) is 0 Å². The number of hydrogen-bond donors (Lipinski definition) is 2. The van der Waals surface area contributed by atoms with Crippen LogP contribution in [0, 0.1) is 27.2 Å². The summed E-state index contributed by atoms with van der Waals surface area (Å²) in [6.45, 7) is 1.80. The van der Waals surface area contributed by atoms with Crippen LogP contribution in [0.3, 0.4) is 0 Å². The minimum Gasteiger partial charge on any atom is -0.322 e. The van der Waals surface area contributed by atoms with E-state index in [9.17, 15) is 28.6 Å². The molecule has 0 saturated heterocycles. The van der Waals surface area contributed by atoms with Crippen molar-refractivity contribution in [1.29, 1.82) is 0 Å². The lowest BCUT2D eigenvalue weighted by Crippen LogP contribution is -2.36. The van der Waals surface area contributed by atoms with Gasteiger partial charge in [-0.25, -0.2) is 13.1 Å². The lowest BCUT2D eigenvalue weighted by Gasteiger charge is -2.25. The minimum atomic E-state index is -4.18. The second-order valence-corrected chi connectivity index (χ2v) is 8.78. The SMILES string of the molecule is Cc1ccc(S(=O)(=O)N[C@H](c2ccccc2[N+](=O)[O-])[C@H](N)c2ccccc2[N+](=O)[O-])cc1. The molecule has 3 N–H and O–H groups in total. The summed E-state index contributed by atoms with van der Waals surface area (Å²) in [4.78, 5) is 21.8. The Bertz CT molecular complexity index is 1260. The quantitative estimate of drug-likeness (QED) is 0.387. The fraction of sp³-hybridized carbons (Fsp3) is 0.143. The highest BCUT2D eigenvalue weighted by atomic mass is 32.2. The van der Waals surface area contributed by atoms with E-state index in [4.69, 9.17) is 5.73 Å². The molecule has 0 heterocycles. The van der Waals surface area contributed by atoms with E-state index in [2.05, 4.69) is 4.72 Å². The Balaban J connectivity index is 2.16. The van der Waals surface area contributed by atoms with Crippen LogP contribution in [0.5, 0.6) is 0 Å². The third kappa shape index (κ3) is 4.80. The number of nitrogens with one attached hydrogen (secondary N) is 1. The van der Waals surface area contributed by atoms with E-state index in [1.54, 1.807) is 19.1 Å². The molecule has 3 aromatic rings. The van der Waals surface area contributed by atoms with Crippen molar-refractivity contribution in [3.05, 3.63) is 110 Å². The molecule has 166 valence electrons. The van der Waals surface area contributed by atoms with Crippen LogP contribution in [-0.4, -0.2) is 18.3 Å². The first-order chi connectivity index (χ1) is 15.1. The van der Waals surface area contributed by atoms with E-state index in [0.29, 0.717) is 0 Å². The van der Waals surface area contributed by atoms with Crippen molar-refractivity contribution in [1.82, 2.24) is 4.72 Å².